The Hall–Kier alpha value is -2.42. The van der Waals surface area contributed by atoms with Gasteiger partial charge in [-0.3, -0.25) is 9.59 Å². The van der Waals surface area contributed by atoms with Crippen LogP contribution in [0.4, 0.5) is 5.69 Å². The molecule has 0 aliphatic rings. The van der Waals surface area contributed by atoms with Gasteiger partial charge in [-0.15, -0.1) is 0 Å². The van der Waals surface area contributed by atoms with Gasteiger partial charge in [-0.2, -0.15) is 4.31 Å². The van der Waals surface area contributed by atoms with Crippen molar-refractivity contribution in [3.63, 3.8) is 0 Å². The Kier molecular flexibility index (Phi) is 8.40. The highest BCUT2D eigenvalue weighted by Crippen LogP contribution is 2.23. The summed E-state index contributed by atoms with van der Waals surface area (Å²) in [5.74, 6) is -0.702. The molecule has 0 fully saturated rings. The molecule has 0 spiro atoms. The molecule has 0 radical (unpaired) electrons. The maximum Gasteiger partial charge on any atom is 0.252 e. The van der Waals surface area contributed by atoms with Gasteiger partial charge in [0, 0.05) is 31.7 Å². The number of hydrogen-bond donors (Lipinski definition) is 2. The first-order valence-electron chi connectivity index (χ1n) is 9.64. The number of benzene rings is 2. The van der Waals surface area contributed by atoms with Crippen LogP contribution in [0.1, 0.15) is 36.2 Å². The summed E-state index contributed by atoms with van der Waals surface area (Å²) in [5.41, 5.74) is 1.50. The van der Waals surface area contributed by atoms with Crippen molar-refractivity contribution in [2.75, 3.05) is 25.0 Å². The Balaban J connectivity index is 2.01. The molecule has 2 amide bonds. The molecule has 0 bridgehead atoms. The molecule has 0 atom stereocenters. The summed E-state index contributed by atoms with van der Waals surface area (Å²) in [5, 5.41) is 5.71. The summed E-state index contributed by atoms with van der Waals surface area (Å²) < 4.78 is 26.8. The van der Waals surface area contributed by atoms with Gasteiger partial charge in [0.1, 0.15) is 0 Å². The van der Waals surface area contributed by atoms with Gasteiger partial charge in [0.15, 0.2) is 0 Å². The first kappa shape index (κ1) is 23.9. The third-order valence-corrected chi connectivity index (χ3v) is 6.96. The first-order chi connectivity index (χ1) is 14.2. The fraction of sp³-hybridized carbons (Fsp3) is 0.333. The van der Waals surface area contributed by atoms with E-state index >= 15 is 0 Å². The van der Waals surface area contributed by atoms with E-state index in [0.717, 1.165) is 5.56 Å². The van der Waals surface area contributed by atoms with E-state index in [9.17, 15) is 18.0 Å². The average molecular weight is 452 g/mol. The van der Waals surface area contributed by atoms with Crippen LogP contribution >= 0.6 is 11.6 Å². The molecule has 2 N–H and O–H groups in total. The second-order valence-corrected chi connectivity index (χ2v) is 8.95. The van der Waals surface area contributed by atoms with E-state index < -0.39 is 10.0 Å². The quantitative estimate of drug-likeness (QED) is 0.610. The van der Waals surface area contributed by atoms with Crippen molar-refractivity contribution in [1.82, 2.24) is 9.62 Å². The van der Waals surface area contributed by atoms with Crippen LogP contribution in [0.5, 0.6) is 0 Å². The van der Waals surface area contributed by atoms with E-state index in [1.807, 2.05) is 0 Å². The Labute approximate surface area is 182 Å². The van der Waals surface area contributed by atoms with Crippen molar-refractivity contribution in [2.24, 2.45) is 0 Å². The largest absolute Gasteiger partial charge is 0.351 e. The van der Waals surface area contributed by atoms with Crippen LogP contribution in [0.3, 0.4) is 0 Å². The highest BCUT2D eigenvalue weighted by molar-refractivity contribution is 7.89. The summed E-state index contributed by atoms with van der Waals surface area (Å²) in [6.07, 6.45) is 0.0304. The van der Waals surface area contributed by atoms with Gasteiger partial charge in [-0.25, -0.2) is 8.42 Å². The van der Waals surface area contributed by atoms with Crippen LogP contribution in [0.2, 0.25) is 5.02 Å². The number of hydrogen-bond acceptors (Lipinski definition) is 4. The summed E-state index contributed by atoms with van der Waals surface area (Å²) in [4.78, 5) is 24.6. The Morgan fingerprint density at radius 2 is 1.73 bits per heavy atom. The summed E-state index contributed by atoms with van der Waals surface area (Å²) in [7, 11) is -3.63. The fourth-order valence-corrected chi connectivity index (χ4v) is 4.56. The van der Waals surface area contributed by atoms with Crippen molar-refractivity contribution in [1.29, 1.82) is 0 Å². The fourth-order valence-electron chi connectivity index (χ4n) is 2.85. The van der Waals surface area contributed by atoms with E-state index in [4.69, 9.17) is 11.6 Å². The number of rotatable bonds is 9. The number of sulfonamides is 1. The number of nitrogens with one attached hydrogen (secondary N) is 2. The second kappa shape index (κ2) is 10.6. The van der Waals surface area contributed by atoms with Gasteiger partial charge in [0.05, 0.1) is 15.5 Å². The number of anilines is 1. The Morgan fingerprint density at radius 1 is 1.07 bits per heavy atom. The molecule has 30 heavy (non-hydrogen) atoms. The number of amides is 2. The number of carbonyl (C=O) groups excluding carboxylic acids is 2. The topological polar surface area (TPSA) is 95.6 Å². The predicted molar refractivity (Wildman–Crippen MR) is 118 cm³/mol. The van der Waals surface area contributed by atoms with Gasteiger partial charge < -0.3 is 10.6 Å². The lowest BCUT2D eigenvalue weighted by atomic mass is 10.2. The summed E-state index contributed by atoms with van der Waals surface area (Å²) >= 11 is 5.99. The maximum atomic E-state index is 12.7. The zero-order valence-corrected chi connectivity index (χ0v) is 18.8. The van der Waals surface area contributed by atoms with Gasteiger partial charge >= 0.3 is 0 Å². The van der Waals surface area contributed by atoms with Gasteiger partial charge in [-0.05, 0) is 36.8 Å². The van der Waals surface area contributed by atoms with Crippen molar-refractivity contribution in [3.05, 3.63) is 58.6 Å². The molecule has 2 aromatic carbocycles. The first-order valence-corrected chi connectivity index (χ1v) is 11.5. The van der Waals surface area contributed by atoms with Crippen molar-refractivity contribution >= 4 is 39.1 Å². The smallest absolute Gasteiger partial charge is 0.252 e. The molecule has 0 aromatic heterocycles. The van der Waals surface area contributed by atoms with Crippen LogP contribution < -0.4 is 10.6 Å². The molecule has 162 valence electrons. The third kappa shape index (κ3) is 5.81. The molecule has 2 rings (SSSR count). The Bertz CT molecular complexity index is 1020. The van der Waals surface area contributed by atoms with Crippen LogP contribution in [0.25, 0.3) is 0 Å². The third-order valence-electron chi connectivity index (χ3n) is 4.58. The number of carbonyl (C=O) groups is 2. The lowest BCUT2D eigenvalue weighted by molar-refractivity contribution is -0.116. The van der Waals surface area contributed by atoms with Crippen LogP contribution in [-0.4, -0.2) is 44.2 Å². The maximum absolute atomic E-state index is 12.7. The molecule has 0 heterocycles. The van der Waals surface area contributed by atoms with Crippen molar-refractivity contribution in [3.8, 4) is 0 Å². The standard InChI is InChI=1S/C21H26ClN3O4S/c1-4-25(5-2)30(28,29)16-11-10-15(3)19(14-16)24-20(26)12-13-23-21(27)17-8-6-7-9-18(17)22/h6-11,14H,4-5,12-13H2,1-3H3,(H,23,27)(H,24,26). The molecule has 7 nitrogen and oxygen atoms in total. The lowest BCUT2D eigenvalue weighted by Crippen LogP contribution is -2.30. The number of halogens is 1. The Morgan fingerprint density at radius 3 is 2.37 bits per heavy atom. The van der Waals surface area contributed by atoms with E-state index in [2.05, 4.69) is 10.6 Å². The van der Waals surface area contributed by atoms with E-state index in [0.29, 0.717) is 29.4 Å². The molecule has 0 aliphatic heterocycles. The molecular weight excluding hydrogens is 426 g/mol. The number of aryl methyl sites for hydroxylation is 1. The van der Waals surface area contributed by atoms with Crippen LogP contribution in [0, 0.1) is 6.92 Å². The van der Waals surface area contributed by atoms with Crippen molar-refractivity contribution < 1.29 is 18.0 Å². The molecule has 0 unspecified atom stereocenters. The molecular formula is C21H26ClN3O4S. The van der Waals surface area contributed by atoms with E-state index in [-0.39, 0.29) is 29.7 Å². The average Bonchev–Trinajstić information content (AvgIpc) is 2.70. The van der Waals surface area contributed by atoms with Gasteiger partial charge in [0.25, 0.3) is 5.91 Å². The molecule has 0 saturated heterocycles. The van der Waals surface area contributed by atoms with Crippen LogP contribution in [0.15, 0.2) is 47.4 Å². The minimum Gasteiger partial charge on any atom is -0.351 e. The molecule has 0 saturated carbocycles. The van der Waals surface area contributed by atoms with Crippen molar-refractivity contribution in [2.45, 2.75) is 32.1 Å². The minimum atomic E-state index is -3.63. The SMILES string of the molecule is CCN(CC)S(=O)(=O)c1ccc(C)c(NC(=O)CCNC(=O)c2ccccc2Cl)c1. The summed E-state index contributed by atoms with van der Waals surface area (Å²) in [6.45, 7) is 6.16. The van der Waals surface area contributed by atoms with Gasteiger partial charge in [-0.1, -0.05) is 43.6 Å². The highest BCUT2D eigenvalue weighted by atomic mass is 35.5. The lowest BCUT2D eigenvalue weighted by Gasteiger charge is -2.19. The van der Waals surface area contributed by atoms with E-state index in [1.165, 1.54) is 16.4 Å². The summed E-state index contributed by atoms with van der Waals surface area (Å²) in [6, 6.07) is 11.3. The zero-order chi connectivity index (χ0) is 22.3. The zero-order valence-electron chi connectivity index (χ0n) is 17.2. The normalized spacial score (nSPS) is 11.4. The predicted octanol–water partition coefficient (Wildman–Crippen LogP) is 3.44. The minimum absolute atomic E-state index is 0.0304. The number of nitrogens with zero attached hydrogens (tertiary/aromatic N) is 1. The highest BCUT2D eigenvalue weighted by Gasteiger charge is 2.22. The monoisotopic (exact) mass is 451 g/mol. The van der Waals surface area contributed by atoms with Gasteiger partial charge in [0.2, 0.25) is 15.9 Å². The molecule has 0 aliphatic carbocycles. The van der Waals surface area contributed by atoms with E-state index in [1.54, 1.807) is 51.1 Å². The van der Waals surface area contributed by atoms with Crippen LogP contribution in [-0.2, 0) is 14.8 Å². The molecule has 2 aromatic rings. The molecule has 9 heteroatoms. The second-order valence-electron chi connectivity index (χ2n) is 6.60.